The molecule has 2 nitrogen and oxygen atoms in total. The van der Waals surface area contributed by atoms with Crippen molar-refractivity contribution in [1.29, 1.82) is 0 Å². The second-order valence-corrected chi connectivity index (χ2v) is 4.53. The summed E-state index contributed by atoms with van der Waals surface area (Å²) in [6, 6.07) is 37.5. The van der Waals surface area contributed by atoms with Gasteiger partial charge in [0.05, 0.1) is 0 Å². The first-order valence-corrected chi connectivity index (χ1v) is 8.11. The first-order chi connectivity index (χ1) is 11.4. The third kappa shape index (κ3) is 19.4. The van der Waals surface area contributed by atoms with E-state index in [1.807, 2.05) is 91.0 Å². The number of carbonyl (C=O) groups excluding carboxylic acids is 2. The molecule has 0 fully saturated rings. The summed E-state index contributed by atoms with van der Waals surface area (Å²) in [7, 11) is 0. The molecular formula is C20H15O2Rh-3. The fourth-order valence-electron chi connectivity index (χ4n) is 1.04. The van der Waals surface area contributed by atoms with Gasteiger partial charge in [-0.25, -0.2) is 0 Å². The summed E-state index contributed by atoms with van der Waals surface area (Å²) in [5.74, 6) is 0. The zero-order valence-corrected chi connectivity index (χ0v) is 13.9. The normalized spacial score (nSPS) is 7.30. The second-order valence-electron chi connectivity index (χ2n) is 3.45. The molecule has 0 spiro atoms. The Kier molecular flexibility index (Phi) is 17.3. The molecule has 0 aromatic heterocycles. The van der Waals surface area contributed by atoms with E-state index in [0.717, 1.165) is 0 Å². The standard InChI is InChI=1S/3C6H5.2CO.Rh/c3*1-2-4-6-5-3-1;2*1-2;/h3*1-5H;;;/q3*-1;;;. The maximum Gasteiger partial charge on any atom is -0.171 e. The Hall–Kier alpha value is -2.56. The van der Waals surface area contributed by atoms with Crippen LogP contribution >= 0.6 is 0 Å². The molecule has 3 aromatic rings. The average Bonchev–Trinajstić information content (AvgIpc) is 2.68. The van der Waals surface area contributed by atoms with Crippen molar-refractivity contribution >= 4 is 8.95 Å². The summed E-state index contributed by atoms with van der Waals surface area (Å²) in [4.78, 5) is 18.1. The third-order valence-electron chi connectivity index (χ3n) is 1.89. The monoisotopic (exact) mass is 390 g/mol. The molecule has 0 saturated heterocycles. The van der Waals surface area contributed by atoms with Crippen LogP contribution in [0.2, 0.25) is 0 Å². The van der Waals surface area contributed by atoms with E-state index in [0.29, 0.717) is 0 Å². The molecule has 0 radical (unpaired) electrons. The first-order valence-electron chi connectivity index (χ1n) is 6.47. The molecule has 3 aromatic carbocycles. The van der Waals surface area contributed by atoms with Gasteiger partial charge in [0.1, 0.15) is 0 Å². The predicted molar refractivity (Wildman–Crippen MR) is 87.2 cm³/mol. The van der Waals surface area contributed by atoms with E-state index < -0.39 is 16.2 Å². The summed E-state index contributed by atoms with van der Waals surface area (Å²) in [6.07, 6.45) is 0. The van der Waals surface area contributed by atoms with E-state index >= 15 is 0 Å². The van der Waals surface area contributed by atoms with Crippen LogP contribution in [0.15, 0.2) is 91.0 Å². The van der Waals surface area contributed by atoms with Crippen LogP contribution in [-0.2, 0) is 25.8 Å². The maximum atomic E-state index is 9.05. The van der Waals surface area contributed by atoms with Gasteiger partial charge in [0.2, 0.25) is 0 Å². The minimum absolute atomic E-state index is 0.704. The molecule has 0 bridgehead atoms. The van der Waals surface area contributed by atoms with Crippen molar-refractivity contribution < 1.29 is 25.8 Å². The Bertz CT molecular complexity index is 502. The average molecular weight is 390 g/mol. The Morgan fingerprint density at radius 3 is 0.783 bits per heavy atom. The number of hydrogen-bond acceptors (Lipinski definition) is 2. The molecule has 0 unspecified atom stereocenters. The zero-order valence-electron chi connectivity index (χ0n) is 12.3. The molecule has 3 heteroatoms. The molecule has 0 N–H and O–H groups in total. The molecule has 0 aliphatic heterocycles. The Labute approximate surface area is 144 Å². The zero-order chi connectivity index (χ0) is 16.8. The van der Waals surface area contributed by atoms with Crippen LogP contribution < -0.4 is 0 Å². The minimum Gasteiger partial charge on any atom is -0.184 e. The van der Waals surface area contributed by atoms with Crippen LogP contribution in [-0.4, -0.2) is 8.95 Å². The summed E-state index contributed by atoms with van der Waals surface area (Å²) < 4.78 is 2.83. The van der Waals surface area contributed by atoms with Gasteiger partial charge in [0.25, 0.3) is 0 Å². The Morgan fingerprint density at radius 1 is 0.478 bits per heavy atom. The van der Waals surface area contributed by atoms with Gasteiger partial charge in [-0.05, 0) is 0 Å². The molecule has 3 rings (SSSR count). The van der Waals surface area contributed by atoms with Crippen molar-refractivity contribution in [2.24, 2.45) is 0 Å². The Morgan fingerprint density at radius 2 is 0.739 bits per heavy atom. The first kappa shape index (κ1) is 20.4. The van der Waals surface area contributed by atoms with E-state index in [9.17, 15) is 0 Å². The molecule has 119 valence electrons. The van der Waals surface area contributed by atoms with Gasteiger partial charge < -0.3 is 0 Å². The molecule has 0 heterocycles. The SMILES string of the molecule is O=[C]=[Rh]=[C]=O.[c-]1ccccc1.[c-]1ccccc1.[c-]1ccccc1. The third-order valence-corrected chi connectivity index (χ3v) is 2.22. The van der Waals surface area contributed by atoms with E-state index in [1.54, 1.807) is 0 Å². The minimum atomic E-state index is -0.704. The van der Waals surface area contributed by atoms with Crippen LogP contribution in [0.1, 0.15) is 0 Å². The summed E-state index contributed by atoms with van der Waals surface area (Å²) in [6.45, 7) is 0. The number of hydrogen-bond donors (Lipinski definition) is 0. The molecular weight excluding hydrogens is 375 g/mol. The maximum absolute atomic E-state index is 9.05. The van der Waals surface area contributed by atoms with E-state index in [4.69, 9.17) is 9.59 Å². The summed E-state index contributed by atoms with van der Waals surface area (Å²) >= 11 is -0.704. The van der Waals surface area contributed by atoms with Gasteiger partial charge in [-0.15, -0.1) is 0 Å². The van der Waals surface area contributed by atoms with Gasteiger partial charge in [-0.3, -0.25) is 0 Å². The molecule has 0 saturated carbocycles. The van der Waals surface area contributed by atoms with Crippen LogP contribution in [0.4, 0.5) is 0 Å². The van der Waals surface area contributed by atoms with Crippen LogP contribution in [0, 0.1) is 18.2 Å². The number of rotatable bonds is 0. The molecule has 23 heavy (non-hydrogen) atoms. The van der Waals surface area contributed by atoms with Crippen molar-refractivity contribution in [3.8, 4) is 0 Å². The van der Waals surface area contributed by atoms with Crippen molar-refractivity contribution in [1.82, 2.24) is 0 Å². The second kappa shape index (κ2) is 19.4. The Balaban J connectivity index is 0.000000282. The fourth-order valence-corrected chi connectivity index (χ4v) is 1.11. The fraction of sp³-hybridized carbons (Fsp3) is 0. The van der Waals surface area contributed by atoms with E-state index in [-0.39, 0.29) is 0 Å². The van der Waals surface area contributed by atoms with Crippen LogP contribution in [0.3, 0.4) is 0 Å². The van der Waals surface area contributed by atoms with Crippen molar-refractivity contribution in [2.75, 3.05) is 0 Å². The largest absolute Gasteiger partial charge is 0.184 e. The number of benzene rings is 3. The van der Waals surface area contributed by atoms with E-state index in [1.165, 1.54) is 8.95 Å². The van der Waals surface area contributed by atoms with Crippen LogP contribution in [0.25, 0.3) is 0 Å². The van der Waals surface area contributed by atoms with Gasteiger partial charge >= 0.3 is 34.8 Å². The molecule has 0 atom stereocenters. The summed E-state index contributed by atoms with van der Waals surface area (Å²) in [5.41, 5.74) is 0. The van der Waals surface area contributed by atoms with Gasteiger partial charge in [0, 0.05) is 0 Å². The molecule has 0 aliphatic rings. The molecule has 0 amide bonds. The predicted octanol–water partition coefficient (Wildman–Crippen LogP) is 3.66. The topological polar surface area (TPSA) is 34.1 Å². The molecule has 0 aliphatic carbocycles. The summed E-state index contributed by atoms with van der Waals surface area (Å²) in [5, 5.41) is 0. The van der Waals surface area contributed by atoms with Crippen molar-refractivity contribution in [3.63, 3.8) is 0 Å². The van der Waals surface area contributed by atoms with E-state index in [2.05, 4.69) is 18.2 Å². The smallest absolute Gasteiger partial charge is 0.171 e. The van der Waals surface area contributed by atoms with Gasteiger partial charge in [-0.1, -0.05) is 0 Å². The van der Waals surface area contributed by atoms with Crippen LogP contribution in [0.5, 0.6) is 0 Å². The van der Waals surface area contributed by atoms with Crippen molar-refractivity contribution in [3.05, 3.63) is 109 Å². The quantitative estimate of drug-likeness (QED) is 0.434. The van der Waals surface area contributed by atoms with Gasteiger partial charge in [-0.2, -0.15) is 109 Å². The van der Waals surface area contributed by atoms with Crippen molar-refractivity contribution in [2.45, 2.75) is 0 Å². The van der Waals surface area contributed by atoms with Gasteiger partial charge in [0.15, 0.2) is 0 Å².